The van der Waals surface area contributed by atoms with E-state index in [1.54, 1.807) is 25.7 Å². The van der Waals surface area contributed by atoms with Gasteiger partial charge in [-0.3, -0.25) is 4.79 Å². The molecule has 0 aliphatic carbocycles. The minimum atomic E-state index is -1.05. The Morgan fingerprint density at radius 3 is 2.20 bits per heavy atom. The molecular formula is C24H40N2O4. The van der Waals surface area contributed by atoms with Crippen LogP contribution in [0.1, 0.15) is 73.3 Å². The van der Waals surface area contributed by atoms with Crippen molar-refractivity contribution in [3.05, 3.63) is 35.9 Å². The summed E-state index contributed by atoms with van der Waals surface area (Å²) in [6.45, 7) is 14.5. The van der Waals surface area contributed by atoms with Gasteiger partial charge in [0.05, 0.1) is 6.10 Å². The first-order chi connectivity index (χ1) is 13.8. The van der Waals surface area contributed by atoms with Crippen LogP contribution in [0.3, 0.4) is 0 Å². The quantitative estimate of drug-likeness (QED) is 0.616. The third kappa shape index (κ3) is 10.1. The number of amides is 2. The highest BCUT2D eigenvalue weighted by molar-refractivity contribution is 5.86. The second-order valence-electron chi connectivity index (χ2n) is 10.0. The molecule has 0 aliphatic heterocycles. The van der Waals surface area contributed by atoms with Crippen molar-refractivity contribution in [3.8, 4) is 0 Å². The van der Waals surface area contributed by atoms with Gasteiger partial charge in [0, 0.05) is 13.1 Å². The van der Waals surface area contributed by atoms with E-state index >= 15 is 0 Å². The zero-order chi connectivity index (χ0) is 22.9. The van der Waals surface area contributed by atoms with Gasteiger partial charge in [0.1, 0.15) is 11.6 Å². The number of alkyl carbamates (subject to hydrolysis) is 1. The van der Waals surface area contributed by atoms with Crippen LogP contribution in [0.5, 0.6) is 0 Å². The summed E-state index contributed by atoms with van der Waals surface area (Å²) >= 11 is 0. The molecule has 0 heterocycles. The van der Waals surface area contributed by atoms with Crippen molar-refractivity contribution in [2.24, 2.45) is 5.41 Å². The Morgan fingerprint density at radius 2 is 1.70 bits per heavy atom. The minimum absolute atomic E-state index is 0.0470. The molecule has 2 unspecified atom stereocenters. The molecule has 6 heteroatoms. The van der Waals surface area contributed by atoms with Crippen LogP contribution in [0.4, 0.5) is 4.79 Å². The predicted molar refractivity (Wildman–Crippen MR) is 120 cm³/mol. The molecule has 30 heavy (non-hydrogen) atoms. The molecule has 0 fully saturated rings. The van der Waals surface area contributed by atoms with E-state index in [4.69, 9.17) is 4.74 Å². The smallest absolute Gasteiger partial charge is 0.408 e. The van der Waals surface area contributed by atoms with E-state index in [1.807, 2.05) is 37.3 Å². The second-order valence-corrected chi connectivity index (χ2v) is 10.0. The number of nitrogens with zero attached hydrogens (tertiary/aromatic N) is 1. The number of nitrogens with one attached hydrogen (secondary N) is 1. The van der Waals surface area contributed by atoms with E-state index in [0.29, 0.717) is 25.9 Å². The Morgan fingerprint density at radius 1 is 1.10 bits per heavy atom. The lowest BCUT2D eigenvalue weighted by atomic mass is 9.92. The highest BCUT2D eigenvalue weighted by Crippen LogP contribution is 2.21. The van der Waals surface area contributed by atoms with Gasteiger partial charge in [0.2, 0.25) is 5.91 Å². The van der Waals surface area contributed by atoms with E-state index in [-0.39, 0.29) is 11.3 Å². The number of hydrogen-bond acceptors (Lipinski definition) is 4. The summed E-state index contributed by atoms with van der Waals surface area (Å²) in [7, 11) is 0. The van der Waals surface area contributed by atoms with Crippen molar-refractivity contribution in [2.75, 3.05) is 6.54 Å². The molecule has 0 spiro atoms. The minimum Gasteiger partial charge on any atom is -0.444 e. The molecule has 0 radical (unpaired) electrons. The third-order valence-corrected chi connectivity index (χ3v) is 4.57. The lowest BCUT2D eigenvalue weighted by Gasteiger charge is -2.32. The van der Waals surface area contributed by atoms with Gasteiger partial charge in [0.25, 0.3) is 0 Å². The maximum atomic E-state index is 13.5. The zero-order valence-electron chi connectivity index (χ0n) is 19.7. The maximum Gasteiger partial charge on any atom is 0.408 e. The van der Waals surface area contributed by atoms with Crippen LogP contribution in [0.2, 0.25) is 0 Å². The van der Waals surface area contributed by atoms with Gasteiger partial charge in [-0.2, -0.15) is 0 Å². The van der Waals surface area contributed by atoms with Gasteiger partial charge in [-0.15, -0.1) is 0 Å². The first kappa shape index (κ1) is 26.0. The molecule has 2 amide bonds. The van der Waals surface area contributed by atoms with E-state index in [0.717, 1.165) is 12.0 Å². The first-order valence-electron chi connectivity index (χ1n) is 10.8. The lowest BCUT2D eigenvalue weighted by Crippen LogP contribution is -2.55. The molecule has 1 rings (SSSR count). The number of aliphatic hydroxyl groups excluding tert-OH is 1. The molecule has 0 bridgehead atoms. The van der Waals surface area contributed by atoms with Gasteiger partial charge in [-0.1, -0.05) is 64.4 Å². The van der Waals surface area contributed by atoms with Crippen LogP contribution in [0, 0.1) is 5.41 Å². The van der Waals surface area contributed by atoms with Crippen molar-refractivity contribution in [1.29, 1.82) is 0 Å². The maximum absolute atomic E-state index is 13.5. The summed E-state index contributed by atoms with van der Waals surface area (Å²) in [5.41, 5.74) is 0.357. The fourth-order valence-corrected chi connectivity index (χ4v) is 2.96. The lowest BCUT2D eigenvalue weighted by molar-refractivity contribution is -0.137. The van der Waals surface area contributed by atoms with E-state index in [9.17, 15) is 14.7 Å². The summed E-state index contributed by atoms with van der Waals surface area (Å²) in [5.74, 6) is -0.296. The Labute approximate surface area is 182 Å². The Balaban J connectivity index is 3.09. The molecule has 6 nitrogen and oxygen atoms in total. The average Bonchev–Trinajstić information content (AvgIpc) is 2.61. The number of aliphatic hydroxyl groups is 1. The molecule has 170 valence electrons. The van der Waals surface area contributed by atoms with Crippen LogP contribution >= 0.6 is 0 Å². The van der Waals surface area contributed by atoms with Gasteiger partial charge in [-0.25, -0.2) is 4.79 Å². The Kier molecular flexibility index (Phi) is 9.82. The van der Waals surface area contributed by atoms with Gasteiger partial charge in [0.15, 0.2) is 0 Å². The van der Waals surface area contributed by atoms with Crippen LogP contribution in [-0.2, 0) is 16.1 Å². The van der Waals surface area contributed by atoms with Gasteiger partial charge >= 0.3 is 6.09 Å². The topological polar surface area (TPSA) is 78.9 Å². The van der Waals surface area contributed by atoms with Gasteiger partial charge < -0.3 is 20.1 Å². The number of rotatable bonds is 9. The predicted octanol–water partition coefficient (Wildman–Crippen LogP) is 4.51. The third-order valence-electron chi connectivity index (χ3n) is 4.57. The standard InChI is InChI=1S/C24H40N2O4/c1-8-12-19(27)20(25-22(29)30-24(5,6)7)21(28)26(16-15-23(2,3)4)17-18-13-10-9-11-14-18/h9-11,13-14,19-20,27H,8,12,15-17H2,1-7H3,(H,25,29). The molecule has 0 saturated heterocycles. The summed E-state index contributed by atoms with van der Waals surface area (Å²) in [4.78, 5) is 27.6. The molecular weight excluding hydrogens is 380 g/mol. The highest BCUT2D eigenvalue weighted by atomic mass is 16.6. The van der Waals surface area contributed by atoms with Crippen LogP contribution in [-0.4, -0.2) is 46.3 Å². The molecule has 1 aromatic rings. The highest BCUT2D eigenvalue weighted by Gasteiger charge is 2.33. The molecule has 2 N–H and O–H groups in total. The number of benzene rings is 1. The van der Waals surface area contributed by atoms with E-state index in [2.05, 4.69) is 26.1 Å². The van der Waals surface area contributed by atoms with Crippen molar-refractivity contribution < 1.29 is 19.4 Å². The molecule has 1 aromatic carbocycles. The molecule has 0 aromatic heterocycles. The van der Waals surface area contributed by atoms with Crippen molar-refractivity contribution in [3.63, 3.8) is 0 Å². The normalized spacial score (nSPS) is 14.0. The van der Waals surface area contributed by atoms with Crippen LogP contribution < -0.4 is 5.32 Å². The SMILES string of the molecule is CCCC(O)C(NC(=O)OC(C)(C)C)C(=O)N(CCC(C)(C)C)Cc1ccccc1. The summed E-state index contributed by atoms with van der Waals surface area (Å²) in [5, 5.41) is 13.3. The zero-order valence-corrected chi connectivity index (χ0v) is 19.7. The van der Waals surface area contributed by atoms with E-state index in [1.165, 1.54) is 0 Å². The van der Waals surface area contributed by atoms with Crippen LogP contribution in [0.15, 0.2) is 30.3 Å². The van der Waals surface area contributed by atoms with Crippen molar-refractivity contribution in [2.45, 2.75) is 92.0 Å². The number of ether oxygens (including phenoxy) is 1. The summed E-state index contributed by atoms with van der Waals surface area (Å²) in [6.07, 6.45) is 0.218. The second kappa shape index (κ2) is 11.3. The fourth-order valence-electron chi connectivity index (χ4n) is 2.96. The largest absolute Gasteiger partial charge is 0.444 e. The number of hydrogen-bond donors (Lipinski definition) is 2. The van der Waals surface area contributed by atoms with E-state index < -0.39 is 23.8 Å². The monoisotopic (exact) mass is 420 g/mol. The van der Waals surface area contributed by atoms with Crippen LogP contribution in [0.25, 0.3) is 0 Å². The molecule has 0 aliphatic rings. The Bertz CT molecular complexity index is 662. The summed E-state index contributed by atoms with van der Waals surface area (Å²) < 4.78 is 5.33. The number of carbonyl (C=O) groups excluding carboxylic acids is 2. The van der Waals surface area contributed by atoms with Crippen molar-refractivity contribution >= 4 is 12.0 Å². The Hall–Kier alpha value is -2.08. The number of carbonyl (C=O) groups is 2. The molecule has 2 atom stereocenters. The first-order valence-corrected chi connectivity index (χ1v) is 10.8. The van der Waals surface area contributed by atoms with Crippen molar-refractivity contribution in [1.82, 2.24) is 10.2 Å². The summed E-state index contributed by atoms with van der Waals surface area (Å²) in [6, 6.07) is 8.69. The fraction of sp³-hybridized carbons (Fsp3) is 0.667. The molecule has 0 saturated carbocycles. The van der Waals surface area contributed by atoms with Gasteiger partial charge in [-0.05, 0) is 44.6 Å². The average molecular weight is 421 g/mol.